The Balaban J connectivity index is 1.50. The summed E-state index contributed by atoms with van der Waals surface area (Å²) in [6.45, 7) is 3.44. The Morgan fingerprint density at radius 2 is 1.21 bits per heavy atom. The predicted octanol–water partition coefficient (Wildman–Crippen LogP) is 4.57. The number of nitrogen functional groups attached to an aromatic ring is 2. The molecular weight excluding hydrogens is 300 g/mol. The fourth-order valence-electron chi connectivity index (χ4n) is 2.50. The summed E-state index contributed by atoms with van der Waals surface area (Å²) in [4.78, 5) is 0. The van der Waals surface area contributed by atoms with Gasteiger partial charge < -0.3 is 20.9 Å². The lowest BCUT2D eigenvalue weighted by molar-refractivity contribution is 0.293. The molecule has 24 heavy (non-hydrogen) atoms. The van der Waals surface area contributed by atoms with E-state index in [9.17, 15) is 0 Å². The SMILES string of the molecule is Cc1c(N)cccc1OCCCCCCCOc1ccccc1N. The molecule has 130 valence electrons. The third-order valence-electron chi connectivity index (χ3n) is 4.05. The van der Waals surface area contributed by atoms with Gasteiger partial charge in [0.05, 0.1) is 18.9 Å². The monoisotopic (exact) mass is 328 g/mol. The maximum Gasteiger partial charge on any atom is 0.142 e. The molecule has 0 heterocycles. The highest BCUT2D eigenvalue weighted by atomic mass is 16.5. The zero-order chi connectivity index (χ0) is 17.2. The Hall–Kier alpha value is -2.36. The average Bonchev–Trinajstić information content (AvgIpc) is 2.58. The molecule has 0 spiro atoms. The molecule has 0 bridgehead atoms. The Morgan fingerprint density at radius 3 is 1.92 bits per heavy atom. The first-order valence-electron chi connectivity index (χ1n) is 8.63. The Labute approximate surface area is 144 Å². The Bertz CT molecular complexity index is 629. The number of hydrogen-bond acceptors (Lipinski definition) is 4. The summed E-state index contributed by atoms with van der Waals surface area (Å²) in [6.07, 6.45) is 5.61. The van der Waals surface area contributed by atoms with E-state index in [4.69, 9.17) is 20.9 Å². The van der Waals surface area contributed by atoms with Crippen molar-refractivity contribution in [3.05, 3.63) is 48.0 Å². The number of anilines is 2. The fourth-order valence-corrected chi connectivity index (χ4v) is 2.50. The normalized spacial score (nSPS) is 10.5. The van der Waals surface area contributed by atoms with Crippen LogP contribution in [0.2, 0.25) is 0 Å². The first-order chi connectivity index (χ1) is 11.7. The van der Waals surface area contributed by atoms with Crippen molar-refractivity contribution in [1.82, 2.24) is 0 Å². The molecule has 2 aromatic carbocycles. The summed E-state index contributed by atoms with van der Waals surface area (Å²) in [5, 5.41) is 0. The number of rotatable bonds is 10. The predicted molar refractivity (Wildman–Crippen MR) is 101 cm³/mol. The minimum absolute atomic E-state index is 0.700. The second-order valence-electron chi connectivity index (χ2n) is 5.97. The molecule has 0 amide bonds. The number of benzene rings is 2. The van der Waals surface area contributed by atoms with Crippen molar-refractivity contribution in [2.75, 3.05) is 24.7 Å². The van der Waals surface area contributed by atoms with Gasteiger partial charge in [0.25, 0.3) is 0 Å². The highest BCUT2D eigenvalue weighted by Crippen LogP contribution is 2.23. The van der Waals surface area contributed by atoms with Crippen LogP contribution in [0, 0.1) is 6.92 Å². The van der Waals surface area contributed by atoms with Gasteiger partial charge in [0.2, 0.25) is 0 Å². The smallest absolute Gasteiger partial charge is 0.142 e. The molecule has 0 aliphatic rings. The van der Waals surface area contributed by atoms with E-state index in [2.05, 4.69) is 0 Å². The first kappa shape index (κ1) is 18.0. The van der Waals surface area contributed by atoms with Crippen molar-refractivity contribution in [2.45, 2.75) is 39.0 Å². The third kappa shape index (κ3) is 5.69. The number of nitrogens with two attached hydrogens (primary N) is 2. The van der Waals surface area contributed by atoms with Gasteiger partial charge in [-0.05, 0) is 44.0 Å². The number of hydrogen-bond donors (Lipinski definition) is 2. The molecule has 0 unspecified atom stereocenters. The molecule has 4 heteroatoms. The van der Waals surface area contributed by atoms with Crippen LogP contribution >= 0.6 is 0 Å². The highest BCUT2D eigenvalue weighted by Gasteiger charge is 2.02. The van der Waals surface area contributed by atoms with Gasteiger partial charge in [-0.25, -0.2) is 0 Å². The van der Waals surface area contributed by atoms with Crippen LogP contribution in [0.25, 0.3) is 0 Å². The zero-order valence-corrected chi connectivity index (χ0v) is 14.5. The van der Waals surface area contributed by atoms with Gasteiger partial charge in [-0.3, -0.25) is 0 Å². The Kier molecular flexibility index (Phi) is 7.27. The lowest BCUT2D eigenvalue weighted by Gasteiger charge is -2.10. The van der Waals surface area contributed by atoms with E-state index in [-0.39, 0.29) is 0 Å². The van der Waals surface area contributed by atoms with Crippen molar-refractivity contribution in [1.29, 1.82) is 0 Å². The van der Waals surface area contributed by atoms with Crippen LogP contribution in [-0.2, 0) is 0 Å². The molecule has 4 N–H and O–H groups in total. The van der Waals surface area contributed by atoms with Crippen molar-refractivity contribution < 1.29 is 9.47 Å². The summed E-state index contributed by atoms with van der Waals surface area (Å²) in [7, 11) is 0. The second kappa shape index (κ2) is 9.71. The van der Waals surface area contributed by atoms with Crippen LogP contribution in [-0.4, -0.2) is 13.2 Å². The third-order valence-corrected chi connectivity index (χ3v) is 4.05. The summed E-state index contributed by atoms with van der Waals surface area (Å²) >= 11 is 0. The molecule has 0 saturated carbocycles. The standard InChI is InChI=1S/C20H28N2O2/c1-16-17(21)11-9-13-19(16)23-14-7-3-2-4-8-15-24-20-12-6-5-10-18(20)22/h5-6,9-13H,2-4,7-8,14-15,21-22H2,1H3. The molecule has 0 aromatic heterocycles. The maximum absolute atomic E-state index is 5.87. The molecule has 0 aliphatic heterocycles. The molecule has 0 atom stereocenters. The number of unbranched alkanes of at least 4 members (excludes halogenated alkanes) is 4. The van der Waals surface area contributed by atoms with E-state index in [1.54, 1.807) is 0 Å². The van der Waals surface area contributed by atoms with Crippen LogP contribution in [0.15, 0.2) is 42.5 Å². The molecule has 2 aromatic rings. The van der Waals surface area contributed by atoms with Gasteiger partial charge in [-0.15, -0.1) is 0 Å². The zero-order valence-electron chi connectivity index (χ0n) is 14.5. The number of para-hydroxylation sites is 2. The van der Waals surface area contributed by atoms with Gasteiger partial charge in [0, 0.05) is 11.3 Å². The maximum atomic E-state index is 5.87. The molecule has 0 saturated heterocycles. The molecule has 4 nitrogen and oxygen atoms in total. The molecule has 0 radical (unpaired) electrons. The molecular formula is C20H28N2O2. The molecule has 0 aliphatic carbocycles. The van der Waals surface area contributed by atoms with Gasteiger partial charge in [-0.1, -0.05) is 37.5 Å². The van der Waals surface area contributed by atoms with E-state index in [1.807, 2.05) is 49.4 Å². The van der Waals surface area contributed by atoms with Gasteiger partial charge in [0.15, 0.2) is 0 Å². The van der Waals surface area contributed by atoms with E-state index >= 15 is 0 Å². The minimum Gasteiger partial charge on any atom is -0.493 e. The van der Waals surface area contributed by atoms with E-state index in [0.717, 1.165) is 55.0 Å². The van der Waals surface area contributed by atoms with Crippen LogP contribution in [0.5, 0.6) is 11.5 Å². The average molecular weight is 328 g/mol. The van der Waals surface area contributed by atoms with Gasteiger partial charge in [0.1, 0.15) is 11.5 Å². The second-order valence-corrected chi connectivity index (χ2v) is 5.97. The van der Waals surface area contributed by atoms with Crippen LogP contribution in [0.1, 0.15) is 37.7 Å². The van der Waals surface area contributed by atoms with E-state index in [1.165, 1.54) is 6.42 Å². The largest absolute Gasteiger partial charge is 0.493 e. The molecule has 2 rings (SSSR count). The summed E-state index contributed by atoms with van der Waals surface area (Å²) in [6, 6.07) is 13.4. The van der Waals surface area contributed by atoms with Gasteiger partial charge in [-0.2, -0.15) is 0 Å². The fraction of sp³-hybridized carbons (Fsp3) is 0.400. The van der Waals surface area contributed by atoms with Crippen molar-refractivity contribution in [3.63, 3.8) is 0 Å². The van der Waals surface area contributed by atoms with E-state index in [0.29, 0.717) is 12.3 Å². The summed E-state index contributed by atoms with van der Waals surface area (Å²) in [5.74, 6) is 1.67. The van der Waals surface area contributed by atoms with Crippen LogP contribution in [0.3, 0.4) is 0 Å². The minimum atomic E-state index is 0.700. The van der Waals surface area contributed by atoms with Crippen molar-refractivity contribution >= 4 is 11.4 Å². The lowest BCUT2D eigenvalue weighted by Crippen LogP contribution is -2.01. The van der Waals surface area contributed by atoms with Crippen LogP contribution < -0.4 is 20.9 Å². The number of ether oxygens (including phenoxy) is 2. The quantitative estimate of drug-likeness (QED) is 0.495. The summed E-state index contributed by atoms with van der Waals surface area (Å²) in [5.41, 5.74) is 14.2. The first-order valence-corrected chi connectivity index (χ1v) is 8.63. The van der Waals surface area contributed by atoms with Gasteiger partial charge >= 0.3 is 0 Å². The topological polar surface area (TPSA) is 70.5 Å². The van der Waals surface area contributed by atoms with Crippen molar-refractivity contribution in [2.24, 2.45) is 0 Å². The van der Waals surface area contributed by atoms with E-state index < -0.39 is 0 Å². The lowest BCUT2D eigenvalue weighted by atomic mass is 10.1. The highest BCUT2D eigenvalue weighted by molar-refractivity contribution is 5.53. The molecule has 0 fully saturated rings. The van der Waals surface area contributed by atoms with Crippen LogP contribution in [0.4, 0.5) is 11.4 Å². The Morgan fingerprint density at radius 1 is 0.667 bits per heavy atom. The summed E-state index contributed by atoms with van der Waals surface area (Å²) < 4.78 is 11.5. The van der Waals surface area contributed by atoms with Crippen molar-refractivity contribution in [3.8, 4) is 11.5 Å².